The third kappa shape index (κ3) is 4.01. The molecule has 6 heteroatoms. The van der Waals surface area contributed by atoms with E-state index in [4.69, 9.17) is 0 Å². The predicted molar refractivity (Wildman–Crippen MR) is 111 cm³/mol. The van der Waals surface area contributed by atoms with Crippen molar-refractivity contribution in [1.82, 2.24) is 4.98 Å². The third-order valence-electron chi connectivity index (χ3n) is 4.59. The van der Waals surface area contributed by atoms with Crippen LogP contribution in [0.2, 0.25) is 0 Å². The van der Waals surface area contributed by atoms with Crippen molar-refractivity contribution in [2.75, 3.05) is 10.6 Å². The van der Waals surface area contributed by atoms with Gasteiger partial charge in [-0.25, -0.2) is 4.39 Å². The minimum Gasteiger partial charge on any atom is -0.361 e. The molecule has 144 valence electrons. The van der Waals surface area contributed by atoms with Crippen LogP contribution in [0.4, 0.5) is 15.8 Å². The van der Waals surface area contributed by atoms with Crippen molar-refractivity contribution in [2.24, 2.45) is 0 Å². The maximum Gasteiger partial charge on any atom is 0.258 e. The van der Waals surface area contributed by atoms with Crippen LogP contribution in [-0.4, -0.2) is 16.8 Å². The lowest BCUT2D eigenvalue weighted by molar-refractivity contribution is -0.115. The van der Waals surface area contributed by atoms with Crippen LogP contribution in [0.3, 0.4) is 0 Å². The topological polar surface area (TPSA) is 74.0 Å². The van der Waals surface area contributed by atoms with Gasteiger partial charge in [-0.1, -0.05) is 42.5 Å². The monoisotopic (exact) mass is 387 g/mol. The fraction of sp³-hybridized carbons (Fsp3) is 0.0435. The number of anilines is 2. The van der Waals surface area contributed by atoms with Crippen LogP contribution >= 0.6 is 0 Å². The van der Waals surface area contributed by atoms with E-state index in [2.05, 4.69) is 15.6 Å². The van der Waals surface area contributed by atoms with E-state index >= 15 is 0 Å². The summed E-state index contributed by atoms with van der Waals surface area (Å²) < 4.78 is 13.9. The van der Waals surface area contributed by atoms with Crippen molar-refractivity contribution in [2.45, 2.75) is 6.42 Å². The van der Waals surface area contributed by atoms with Gasteiger partial charge in [0, 0.05) is 17.1 Å². The number of H-pyrrole nitrogens is 1. The number of para-hydroxylation sites is 3. The number of aromatic amines is 1. The predicted octanol–water partition coefficient (Wildman–Crippen LogP) is 4.74. The number of hydrogen-bond acceptors (Lipinski definition) is 2. The molecule has 29 heavy (non-hydrogen) atoms. The summed E-state index contributed by atoms with van der Waals surface area (Å²) in [5.74, 6) is -1.41. The van der Waals surface area contributed by atoms with E-state index in [9.17, 15) is 14.0 Å². The Morgan fingerprint density at radius 3 is 2.28 bits per heavy atom. The summed E-state index contributed by atoms with van der Waals surface area (Å²) in [6, 6.07) is 20.3. The fourth-order valence-electron chi connectivity index (χ4n) is 3.18. The molecule has 1 aromatic heterocycles. The van der Waals surface area contributed by atoms with Crippen LogP contribution in [0.15, 0.2) is 79.0 Å². The van der Waals surface area contributed by atoms with Crippen LogP contribution < -0.4 is 10.6 Å². The minimum atomic E-state index is -0.606. The molecule has 1 heterocycles. The lowest BCUT2D eigenvalue weighted by atomic mass is 10.1. The maximum atomic E-state index is 13.9. The number of nitrogens with one attached hydrogen (secondary N) is 3. The summed E-state index contributed by atoms with van der Waals surface area (Å²) in [7, 11) is 0. The molecule has 0 aliphatic carbocycles. The quantitative estimate of drug-likeness (QED) is 0.463. The first-order valence-electron chi connectivity index (χ1n) is 9.11. The van der Waals surface area contributed by atoms with Gasteiger partial charge < -0.3 is 15.6 Å². The van der Waals surface area contributed by atoms with Crippen molar-refractivity contribution in [3.05, 3.63) is 95.9 Å². The van der Waals surface area contributed by atoms with Gasteiger partial charge in [0.1, 0.15) is 5.82 Å². The smallest absolute Gasteiger partial charge is 0.258 e. The van der Waals surface area contributed by atoms with E-state index in [1.807, 2.05) is 30.5 Å². The molecule has 0 bridgehead atoms. The zero-order valence-corrected chi connectivity index (χ0v) is 15.4. The molecular formula is C23H18FN3O2. The van der Waals surface area contributed by atoms with E-state index < -0.39 is 11.7 Å². The van der Waals surface area contributed by atoms with E-state index in [0.717, 1.165) is 16.5 Å². The Balaban J connectivity index is 1.50. The Kier molecular flexibility index (Phi) is 5.07. The Morgan fingerprint density at radius 1 is 0.828 bits per heavy atom. The molecule has 0 unspecified atom stereocenters. The number of hydrogen-bond donors (Lipinski definition) is 3. The molecule has 3 N–H and O–H groups in total. The lowest BCUT2D eigenvalue weighted by Gasteiger charge is -2.12. The number of benzene rings is 3. The van der Waals surface area contributed by atoms with E-state index in [0.29, 0.717) is 11.4 Å². The van der Waals surface area contributed by atoms with E-state index in [-0.39, 0.29) is 17.9 Å². The molecule has 5 nitrogen and oxygen atoms in total. The molecule has 2 amide bonds. The highest BCUT2D eigenvalue weighted by molar-refractivity contribution is 6.07. The normalized spacial score (nSPS) is 10.7. The molecule has 0 aliphatic heterocycles. The molecule has 0 saturated heterocycles. The summed E-state index contributed by atoms with van der Waals surface area (Å²) in [6.07, 6.45) is 2.00. The van der Waals surface area contributed by atoms with Gasteiger partial charge in [0.15, 0.2) is 0 Å². The van der Waals surface area contributed by atoms with Crippen LogP contribution in [0.25, 0.3) is 10.9 Å². The van der Waals surface area contributed by atoms with Crippen LogP contribution in [0.5, 0.6) is 0 Å². The van der Waals surface area contributed by atoms with Crippen molar-refractivity contribution < 1.29 is 14.0 Å². The number of aromatic nitrogens is 1. The molecule has 4 aromatic rings. The number of rotatable bonds is 5. The first-order chi connectivity index (χ1) is 14.1. The third-order valence-corrected chi connectivity index (χ3v) is 4.59. The maximum absolute atomic E-state index is 13.9. The second kappa shape index (κ2) is 7.98. The summed E-state index contributed by atoms with van der Waals surface area (Å²) in [5, 5.41) is 6.47. The van der Waals surface area contributed by atoms with E-state index in [1.165, 1.54) is 18.2 Å². The zero-order chi connectivity index (χ0) is 20.2. The van der Waals surface area contributed by atoms with Gasteiger partial charge in [0.2, 0.25) is 5.91 Å². The number of carbonyl (C=O) groups excluding carboxylic acids is 2. The SMILES string of the molecule is O=C(Cc1c[nH]c2ccccc12)Nc1ccccc1NC(=O)c1ccccc1F. The molecule has 0 aliphatic rings. The summed E-state index contributed by atoms with van der Waals surface area (Å²) in [4.78, 5) is 28.1. The van der Waals surface area contributed by atoms with Gasteiger partial charge in [0.05, 0.1) is 23.4 Å². The Bertz CT molecular complexity index is 1200. The first-order valence-corrected chi connectivity index (χ1v) is 9.11. The van der Waals surface area contributed by atoms with Gasteiger partial charge in [-0.05, 0) is 35.9 Å². The van der Waals surface area contributed by atoms with Crippen molar-refractivity contribution >= 4 is 34.1 Å². The second-order valence-corrected chi connectivity index (χ2v) is 6.56. The van der Waals surface area contributed by atoms with Gasteiger partial charge in [-0.15, -0.1) is 0 Å². The van der Waals surface area contributed by atoms with Gasteiger partial charge >= 0.3 is 0 Å². The van der Waals surface area contributed by atoms with Crippen molar-refractivity contribution in [3.8, 4) is 0 Å². The molecule has 0 fully saturated rings. The Labute approximate surface area is 166 Å². The van der Waals surface area contributed by atoms with Crippen molar-refractivity contribution in [1.29, 1.82) is 0 Å². The van der Waals surface area contributed by atoms with Crippen molar-refractivity contribution in [3.63, 3.8) is 0 Å². The Morgan fingerprint density at radius 2 is 1.48 bits per heavy atom. The standard InChI is InChI=1S/C23H18FN3O2/c24-18-9-3-1-8-17(18)23(29)27-21-12-6-5-11-20(21)26-22(28)13-15-14-25-19-10-4-2-7-16(15)19/h1-12,14,25H,13H2,(H,26,28)(H,27,29). The molecule has 0 saturated carbocycles. The molecule has 0 radical (unpaired) electrons. The zero-order valence-electron chi connectivity index (χ0n) is 15.4. The lowest BCUT2D eigenvalue weighted by Crippen LogP contribution is -2.18. The summed E-state index contributed by atoms with van der Waals surface area (Å²) in [5.41, 5.74) is 2.63. The number of fused-ring (bicyclic) bond motifs is 1. The van der Waals surface area contributed by atoms with E-state index in [1.54, 1.807) is 30.3 Å². The number of halogens is 1. The van der Waals surface area contributed by atoms with Crippen LogP contribution in [0, 0.1) is 5.82 Å². The fourth-order valence-corrected chi connectivity index (χ4v) is 3.18. The summed E-state index contributed by atoms with van der Waals surface area (Å²) >= 11 is 0. The molecular weight excluding hydrogens is 369 g/mol. The highest BCUT2D eigenvalue weighted by Gasteiger charge is 2.15. The highest BCUT2D eigenvalue weighted by Crippen LogP contribution is 2.23. The van der Waals surface area contributed by atoms with Gasteiger partial charge in [0.25, 0.3) is 5.91 Å². The molecule has 3 aromatic carbocycles. The Hall–Kier alpha value is -3.93. The molecule has 4 rings (SSSR count). The van der Waals surface area contributed by atoms with Crippen LogP contribution in [-0.2, 0) is 11.2 Å². The molecule has 0 atom stereocenters. The summed E-state index contributed by atoms with van der Waals surface area (Å²) in [6.45, 7) is 0. The first kappa shape index (κ1) is 18.4. The van der Waals surface area contributed by atoms with Gasteiger partial charge in [-0.3, -0.25) is 9.59 Å². The molecule has 0 spiro atoms. The highest BCUT2D eigenvalue weighted by atomic mass is 19.1. The number of carbonyl (C=O) groups is 2. The average molecular weight is 387 g/mol. The van der Waals surface area contributed by atoms with Gasteiger partial charge in [-0.2, -0.15) is 0 Å². The second-order valence-electron chi connectivity index (χ2n) is 6.56. The largest absolute Gasteiger partial charge is 0.361 e. The minimum absolute atomic E-state index is 0.0626. The average Bonchev–Trinajstić information content (AvgIpc) is 3.12. The van der Waals surface area contributed by atoms with Crippen LogP contribution in [0.1, 0.15) is 15.9 Å². The number of amides is 2.